The van der Waals surface area contributed by atoms with Crippen molar-refractivity contribution in [3.05, 3.63) is 85.7 Å². The zero-order chi connectivity index (χ0) is 14.1. The number of hydrogen-bond acceptors (Lipinski definition) is 3. The first kappa shape index (κ1) is 13.2. The minimum atomic E-state index is 0. The Morgan fingerprint density at radius 1 is 0.864 bits per heavy atom. The first-order chi connectivity index (χ1) is 10.4. The monoisotopic (exact) mass is 533 g/mol. The van der Waals surface area contributed by atoms with Gasteiger partial charge < -0.3 is 9.80 Å². The molecule has 2 aromatic carbocycles. The number of anilines is 4. The molecule has 1 aliphatic heterocycles. The summed E-state index contributed by atoms with van der Waals surface area (Å²) in [5, 5.41) is 0. The number of hydrogen-bond donors (Lipinski definition) is 0. The predicted molar refractivity (Wildman–Crippen MR) is 84.5 cm³/mol. The van der Waals surface area contributed by atoms with Crippen LogP contribution < -0.4 is 9.80 Å². The average Bonchev–Trinajstić information content (AvgIpc) is 2.96. The van der Waals surface area contributed by atoms with E-state index in [1.165, 1.54) is 0 Å². The summed E-state index contributed by atoms with van der Waals surface area (Å²) in [5.41, 5.74) is 3.17. The standard InChI is InChI=1S/C18H13N3.Lr/c1-3-8-15(9-4-1)20-14-21(16-10-5-2-6-11-16)18-17(20)12-7-13-19-18;/h1-10,12-14H;/q-2;. The summed E-state index contributed by atoms with van der Waals surface area (Å²) in [5.74, 6) is 0.920. The van der Waals surface area contributed by atoms with Gasteiger partial charge in [0.2, 0.25) is 0 Å². The van der Waals surface area contributed by atoms with Crippen LogP contribution in [0, 0.1) is 12.7 Å². The van der Waals surface area contributed by atoms with Crippen LogP contribution in [0.2, 0.25) is 0 Å². The van der Waals surface area contributed by atoms with E-state index in [2.05, 4.69) is 45.7 Å². The maximum Gasteiger partial charge on any atom is 0.124 e. The van der Waals surface area contributed by atoms with Gasteiger partial charge in [0, 0.05) is 11.9 Å². The van der Waals surface area contributed by atoms with Crippen molar-refractivity contribution in [2.45, 2.75) is 0 Å². The van der Waals surface area contributed by atoms with Crippen LogP contribution >= 0.6 is 0 Å². The first-order valence-corrected chi connectivity index (χ1v) is 6.84. The molecule has 0 N–H and O–H groups in total. The molecular formula is C18H13LrN3-2. The first-order valence-electron chi connectivity index (χ1n) is 6.84. The van der Waals surface area contributed by atoms with Crippen LogP contribution in [0.4, 0.5) is 22.9 Å². The molecule has 0 saturated carbocycles. The fourth-order valence-corrected chi connectivity index (χ4v) is 2.50. The SMILES string of the molecule is [Lr].[c-]1ccccc1N1[CH-]N(c2ccccc2)c2cccnc21. The Morgan fingerprint density at radius 2 is 1.68 bits per heavy atom. The molecular weight excluding hydrogens is 520 g/mol. The van der Waals surface area contributed by atoms with Crippen LogP contribution in [-0.4, -0.2) is 4.98 Å². The molecule has 1 aromatic heterocycles. The number of pyridine rings is 1. The second kappa shape index (κ2) is 5.29. The molecule has 117 valence electrons. The van der Waals surface area contributed by atoms with Gasteiger partial charge in [0.15, 0.2) is 0 Å². The fourth-order valence-electron chi connectivity index (χ4n) is 2.50. The van der Waals surface area contributed by atoms with Gasteiger partial charge in [-0.05, 0) is 24.3 Å². The molecule has 1 aliphatic rings. The van der Waals surface area contributed by atoms with Crippen molar-refractivity contribution >= 4 is 22.9 Å². The van der Waals surface area contributed by atoms with E-state index in [0.717, 1.165) is 22.9 Å². The van der Waals surface area contributed by atoms with Crippen molar-refractivity contribution in [3.63, 3.8) is 0 Å². The molecule has 0 atom stereocenters. The Morgan fingerprint density at radius 3 is 2.45 bits per heavy atom. The normalized spacial score (nSPS) is 12.7. The molecule has 4 rings (SSSR count). The van der Waals surface area contributed by atoms with E-state index in [1.807, 2.05) is 54.7 Å². The summed E-state index contributed by atoms with van der Waals surface area (Å²) >= 11 is 0. The third-order valence-electron chi connectivity index (χ3n) is 3.47. The second-order valence-electron chi connectivity index (χ2n) is 4.78. The molecule has 1 radical (unpaired) electrons. The summed E-state index contributed by atoms with van der Waals surface area (Å²) < 4.78 is 0. The minimum Gasteiger partial charge on any atom is -0.478 e. The van der Waals surface area contributed by atoms with Gasteiger partial charge in [0.25, 0.3) is 0 Å². The van der Waals surface area contributed by atoms with Gasteiger partial charge in [-0.1, -0.05) is 18.2 Å². The largest absolute Gasteiger partial charge is 0.478 e. The summed E-state index contributed by atoms with van der Waals surface area (Å²) in [4.78, 5) is 8.73. The van der Waals surface area contributed by atoms with E-state index in [1.54, 1.807) is 0 Å². The van der Waals surface area contributed by atoms with Gasteiger partial charge in [-0.3, -0.25) is 0 Å². The smallest absolute Gasteiger partial charge is 0.124 e. The number of rotatable bonds is 2. The molecule has 0 aliphatic carbocycles. The van der Waals surface area contributed by atoms with Crippen molar-refractivity contribution in [2.24, 2.45) is 0 Å². The summed E-state index contributed by atoms with van der Waals surface area (Å²) in [6, 6.07) is 25.5. The van der Waals surface area contributed by atoms with Crippen molar-refractivity contribution in [1.82, 2.24) is 4.98 Å². The van der Waals surface area contributed by atoms with Crippen molar-refractivity contribution in [1.29, 1.82) is 0 Å². The van der Waals surface area contributed by atoms with Gasteiger partial charge >= 0.3 is 0 Å². The molecule has 0 fully saturated rings. The van der Waals surface area contributed by atoms with Crippen LogP contribution in [0.1, 0.15) is 0 Å². The van der Waals surface area contributed by atoms with Crippen LogP contribution in [0.3, 0.4) is 0 Å². The minimum absolute atomic E-state index is 0. The Hall–Kier alpha value is -3.81. The molecule has 22 heavy (non-hydrogen) atoms. The van der Waals surface area contributed by atoms with E-state index in [4.69, 9.17) is 0 Å². The van der Waals surface area contributed by atoms with Crippen molar-refractivity contribution in [2.75, 3.05) is 9.80 Å². The Balaban J connectivity index is 0.00000144. The van der Waals surface area contributed by atoms with E-state index in [-0.39, 0.29) is 0 Å². The van der Waals surface area contributed by atoms with Gasteiger partial charge in [0.05, 0.1) is 5.69 Å². The zero-order valence-electron chi connectivity index (χ0n) is 11.6. The van der Waals surface area contributed by atoms with Crippen LogP contribution in [0.15, 0.2) is 72.9 Å². The van der Waals surface area contributed by atoms with Gasteiger partial charge in [-0.2, -0.15) is 30.3 Å². The molecule has 0 saturated heterocycles. The number of nitrogens with zero attached hydrogens (tertiary/aromatic N) is 3. The molecule has 0 bridgehead atoms. The third-order valence-corrected chi connectivity index (χ3v) is 3.47. The van der Waals surface area contributed by atoms with Gasteiger partial charge in [-0.15, -0.1) is 12.4 Å². The van der Waals surface area contributed by atoms with Gasteiger partial charge in [0.1, 0.15) is 5.82 Å². The van der Waals surface area contributed by atoms with Crippen molar-refractivity contribution in [3.8, 4) is 0 Å². The molecule has 4 heteroatoms. The van der Waals surface area contributed by atoms with E-state index in [0.29, 0.717) is 0 Å². The number of aromatic nitrogens is 1. The maximum atomic E-state index is 4.53. The summed E-state index contributed by atoms with van der Waals surface area (Å²) in [7, 11) is 0. The van der Waals surface area contributed by atoms with Crippen LogP contribution in [0.5, 0.6) is 0 Å². The molecule has 0 amide bonds. The molecule has 0 unspecified atom stereocenters. The average molecular weight is 533 g/mol. The molecule has 2 heterocycles. The Bertz CT molecular complexity index is 682. The molecule has 3 aromatic rings. The zero-order valence-corrected chi connectivity index (χ0v) is 13.8. The Labute approximate surface area is 124 Å². The van der Waals surface area contributed by atoms with Crippen LogP contribution in [-0.2, 0) is 0 Å². The summed E-state index contributed by atoms with van der Waals surface area (Å²) in [6.07, 6.45) is 1.82. The number of benzene rings is 2. The van der Waals surface area contributed by atoms with E-state index >= 15 is 0 Å². The number of para-hydroxylation sites is 2. The topological polar surface area (TPSA) is 19.4 Å². The predicted octanol–water partition coefficient (Wildman–Crippen LogP) is 4.29. The number of fused-ring (bicyclic) bond motifs is 1. The van der Waals surface area contributed by atoms with E-state index < -0.39 is 0 Å². The van der Waals surface area contributed by atoms with Crippen molar-refractivity contribution < 1.29 is 0 Å². The molecule has 0 spiro atoms. The van der Waals surface area contributed by atoms with Crippen LogP contribution in [0.25, 0.3) is 0 Å². The molecule has 3 nitrogen and oxygen atoms in total. The van der Waals surface area contributed by atoms with Gasteiger partial charge in [-0.25, -0.2) is 4.98 Å². The fraction of sp³-hybridized carbons (Fsp3) is 0. The third kappa shape index (κ3) is 2.00. The quantitative estimate of drug-likeness (QED) is 0.459. The Kier molecular flexibility index (Phi) is 3.17. The van der Waals surface area contributed by atoms with E-state index in [9.17, 15) is 0 Å². The second-order valence-corrected chi connectivity index (χ2v) is 4.78. The summed E-state index contributed by atoms with van der Waals surface area (Å²) in [6.45, 7) is 2.05. The maximum absolute atomic E-state index is 4.53.